The molecule has 1 aliphatic rings. The van der Waals surface area contributed by atoms with E-state index in [1.54, 1.807) is 0 Å². The van der Waals surface area contributed by atoms with Gasteiger partial charge in [0.05, 0.1) is 0 Å². The molecule has 1 aliphatic heterocycles. The van der Waals surface area contributed by atoms with Crippen molar-refractivity contribution in [1.82, 2.24) is 10.6 Å². The molecule has 1 atom stereocenters. The number of hydrogen-bond acceptors (Lipinski definition) is 3. The summed E-state index contributed by atoms with van der Waals surface area (Å²) in [7, 11) is 0. The first-order chi connectivity index (χ1) is 4.43. The van der Waals surface area contributed by atoms with E-state index in [0.717, 1.165) is 19.5 Å². The molecule has 9 heavy (non-hydrogen) atoms. The first-order valence-corrected chi connectivity index (χ1v) is 3.21. The van der Waals surface area contributed by atoms with E-state index in [-0.39, 0.29) is 6.29 Å². The fraction of sp³-hybridized carbons (Fsp3) is 0.667. The molecule has 1 unspecified atom stereocenters. The van der Waals surface area contributed by atoms with Crippen molar-refractivity contribution in [2.45, 2.75) is 12.7 Å². The normalized spacial score (nSPS) is 26.6. The van der Waals surface area contributed by atoms with Crippen LogP contribution in [-0.2, 0) is 0 Å². The van der Waals surface area contributed by atoms with Crippen LogP contribution in [0.1, 0.15) is 6.42 Å². The third kappa shape index (κ3) is 2.11. The van der Waals surface area contributed by atoms with E-state index < -0.39 is 0 Å². The Morgan fingerprint density at radius 3 is 3.33 bits per heavy atom. The number of hydrogen-bond donors (Lipinski definition) is 2. The quantitative estimate of drug-likeness (QED) is 0.535. The summed E-state index contributed by atoms with van der Waals surface area (Å²) in [6.07, 6.45) is 3.08. The summed E-state index contributed by atoms with van der Waals surface area (Å²) in [6, 6.07) is 0. The zero-order valence-electron chi connectivity index (χ0n) is 5.43. The molecule has 0 saturated heterocycles. The maximum atomic E-state index is 4.13. The standard InChI is InChI=1S/C6H12N3/c1-2-7-6-8-4-3-5-9-6/h4,6-7,9H,1-3,5H2. The van der Waals surface area contributed by atoms with E-state index in [4.69, 9.17) is 0 Å². The van der Waals surface area contributed by atoms with Gasteiger partial charge in [0.2, 0.25) is 0 Å². The lowest BCUT2D eigenvalue weighted by Crippen LogP contribution is -2.43. The van der Waals surface area contributed by atoms with Crippen molar-refractivity contribution in [3.63, 3.8) is 0 Å². The number of nitrogens with one attached hydrogen (secondary N) is 2. The minimum absolute atomic E-state index is 0.108. The molecule has 0 aromatic rings. The van der Waals surface area contributed by atoms with Crippen molar-refractivity contribution in [3.8, 4) is 0 Å². The lowest BCUT2D eigenvalue weighted by molar-refractivity contribution is 0.451. The van der Waals surface area contributed by atoms with Crippen LogP contribution in [0, 0.1) is 6.92 Å². The van der Waals surface area contributed by atoms with Gasteiger partial charge in [-0.2, -0.15) is 0 Å². The summed E-state index contributed by atoms with van der Waals surface area (Å²) in [5.74, 6) is 0. The van der Waals surface area contributed by atoms with Gasteiger partial charge in [-0.25, -0.2) is 0 Å². The van der Waals surface area contributed by atoms with E-state index >= 15 is 0 Å². The Balaban J connectivity index is 2.23. The SMILES string of the molecule is [CH2]CNC1N=CCCN1. The first-order valence-electron chi connectivity index (χ1n) is 3.21. The van der Waals surface area contributed by atoms with Gasteiger partial charge in [0, 0.05) is 12.8 Å². The molecular formula is C6H12N3. The van der Waals surface area contributed by atoms with Gasteiger partial charge in [0.15, 0.2) is 6.29 Å². The molecule has 0 saturated carbocycles. The average Bonchev–Trinajstić information content (AvgIpc) is 1.91. The Labute approximate surface area is 55.6 Å². The second-order valence-corrected chi connectivity index (χ2v) is 1.93. The molecule has 51 valence electrons. The largest absolute Gasteiger partial charge is 0.283 e. The van der Waals surface area contributed by atoms with Gasteiger partial charge in [-0.3, -0.25) is 15.6 Å². The van der Waals surface area contributed by atoms with Crippen LogP contribution in [-0.4, -0.2) is 25.6 Å². The van der Waals surface area contributed by atoms with Crippen molar-refractivity contribution < 1.29 is 0 Å². The van der Waals surface area contributed by atoms with Crippen LogP contribution in [0.3, 0.4) is 0 Å². The molecule has 1 radical (unpaired) electrons. The van der Waals surface area contributed by atoms with Crippen LogP contribution >= 0.6 is 0 Å². The van der Waals surface area contributed by atoms with Crippen molar-refractivity contribution >= 4 is 6.21 Å². The van der Waals surface area contributed by atoms with Crippen LogP contribution in [0.2, 0.25) is 0 Å². The smallest absolute Gasteiger partial charge is 0.153 e. The molecule has 0 fully saturated rings. The van der Waals surface area contributed by atoms with Crippen molar-refractivity contribution in [2.75, 3.05) is 13.1 Å². The lowest BCUT2D eigenvalue weighted by Gasteiger charge is -2.17. The predicted molar refractivity (Wildman–Crippen MR) is 38.3 cm³/mol. The van der Waals surface area contributed by atoms with Crippen LogP contribution in [0.15, 0.2) is 4.99 Å². The molecule has 0 amide bonds. The summed E-state index contributed by atoms with van der Waals surface area (Å²) < 4.78 is 0. The fourth-order valence-electron chi connectivity index (χ4n) is 0.779. The molecule has 1 rings (SSSR count). The van der Waals surface area contributed by atoms with Gasteiger partial charge >= 0.3 is 0 Å². The Morgan fingerprint density at radius 2 is 2.78 bits per heavy atom. The second kappa shape index (κ2) is 3.58. The van der Waals surface area contributed by atoms with Crippen molar-refractivity contribution in [2.24, 2.45) is 4.99 Å². The van der Waals surface area contributed by atoms with Gasteiger partial charge in [0.1, 0.15) is 0 Å². The Bertz CT molecular complexity index is 100. The minimum atomic E-state index is 0.108. The molecule has 3 nitrogen and oxygen atoms in total. The zero-order valence-corrected chi connectivity index (χ0v) is 5.43. The lowest BCUT2D eigenvalue weighted by atomic mass is 10.4. The van der Waals surface area contributed by atoms with Crippen molar-refractivity contribution in [3.05, 3.63) is 6.92 Å². The Kier molecular flexibility index (Phi) is 2.67. The highest BCUT2D eigenvalue weighted by Gasteiger charge is 2.03. The highest BCUT2D eigenvalue weighted by atomic mass is 15.2. The molecule has 0 aromatic heterocycles. The van der Waals surface area contributed by atoms with Crippen LogP contribution in [0.4, 0.5) is 0 Å². The summed E-state index contributed by atoms with van der Waals surface area (Å²) in [4.78, 5) is 4.13. The molecule has 2 N–H and O–H groups in total. The van der Waals surface area contributed by atoms with Crippen LogP contribution in [0.5, 0.6) is 0 Å². The third-order valence-electron chi connectivity index (χ3n) is 1.20. The number of nitrogens with zero attached hydrogens (tertiary/aromatic N) is 1. The van der Waals surface area contributed by atoms with E-state index in [9.17, 15) is 0 Å². The average molecular weight is 126 g/mol. The maximum Gasteiger partial charge on any atom is 0.153 e. The van der Waals surface area contributed by atoms with E-state index in [2.05, 4.69) is 22.5 Å². The highest BCUT2D eigenvalue weighted by molar-refractivity contribution is 5.58. The molecule has 0 aromatic carbocycles. The summed E-state index contributed by atoms with van der Waals surface area (Å²) in [5, 5.41) is 6.24. The summed E-state index contributed by atoms with van der Waals surface area (Å²) in [5.41, 5.74) is 0. The minimum Gasteiger partial charge on any atom is -0.283 e. The molecule has 3 heteroatoms. The Morgan fingerprint density at radius 1 is 1.89 bits per heavy atom. The number of aliphatic imine (C=N–C) groups is 1. The van der Waals surface area contributed by atoms with E-state index in [1.165, 1.54) is 0 Å². The van der Waals surface area contributed by atoms with Gasteiger partial charge in [-0.1, -0.05) is 0 Å². The summed E-state index contributed by atoms with van der Waals surface area (Å²) >= 11 is 0. The molecule has 1 heterocycles. The number of rotatable bonds is 2. The van der Waals surface area contributed by atoms with Crippen LogP contribution in [0.25, 0.3) is 0 Å². The van der Waals surface area contributed by atoms with Gasteiger partial charge in [-0.15, -0.1) is 0 Å². The highest BCUT2D eigenvalue weighted by Crippen LogP contribution is 1.87. The fourth-order valence-corrected chi connectivity index (χ4v) is 0.779. The third-order valence-corrected chi connectivity index (χ3v) is 1.20. The predicted octanol–water partition coefficient (Wildman–Crippen LogP) is -0.242. The Hall–Kier alpha value is -0.410. The van der Waals surface area contributed by atoms with Crippen molar-refractivity contribution in [1.29, 1.82) is 0 Å². The monoisotopic (exact) mass is 126 g/mol. The van der Waals surface area contributed by atoms with Gasteiger partial charge in [0.25, 0.3) is 0 Å². The summed E-state index contributed by atoms with van der Waals surface area (Å²) in [6.45, 7) is 5.39. The zero-order chi connectivity index (χ0) is 6.53. The molecule has 0 spiro atoms. The molecule has 0 aliphatic carbocycles. The topological polar surface area (TPSA) is 36.4 Å². The van der Waals surface area contributed by atoms with E-state index in [0.29, 0.717) is 0 Å². The molecular weight excluding hydrogens is 114 g/mol. The van der Waals surface area contributed by atoms with Gasteiger partial charge < -0.3 is 0 Å². The maximum absolute atomic E-state index is 4.13. The molecule has 0 bridgehead atoms. The van der Waals surface area contributed by atoms with Gasteiger partial charge in [-0.05, 0) is 19.9 Å². The first kappa shape index (κ1) is 6.71. The van der Waals surface area contributed by atoms with E-state index in [1.807, 2.05) is 6.21 Å². The second-order valence-electron chi connectivity index (χ2n) is 1.93. The van der Waals surface area contributed by atoms with Crippen LogP contribution < -0.4 is 10.6 Å².